The SMILES string of the molecule is CC=CC(=O)O.CN(C)C.C[CH2][Al]([Cl])[CH2]C. The molecule has 16 heavy (non-hydrogen) atoms. The minimum atomic E-state index is -0.891. The molecule has 0 aliphatic heterocycles. The van der Waals surface area contributed by atoms with Crippen molar-refractivity contribution in [3.05, 3.63) is 12.2 Å². The van der Waals surface area contributed by atoms with Crippen LogP contribution in [-0.4, -0.2) is 50.3 Å². The first kappa shape index (κ1) is 21.3. The molecule has 0 spiro atoms. The molecule has 0 saturated heterocycles. The standard InChI is InChI=1S/C4H6O2.C3H9N.2C2H5.Al.ClH/c1-2-3-4(5)6;1-4(2)3;2*1-2;;/h2-3H,1H3,(H,5,6);1-3H3;2*1H2,2H3;;1H/q;;;;+1;/p-1. The average Bonchev–Trinajstić information content (AvgIpc) is 2.16. The number of allylic oxidation sites excluding steroid dienone is 1. The number of carbonyl (C=O) groups is 1. The summed E-state index contributed by atoms with van der Waals surface area (Å²) in [5, 5.41) is 10.3. The van der Waals surface area contributed by atoms with E-state index in [0.29, 0.717) is 0 Å². The van der Waals surface area contributed by atoms with Crippen molar-refractivity contribution in [2.75, 3.05) is 21.1 Å². The summed E-state index contributed by atoms with van der Waals surface area (Å²) in [6.07, 6.45) is 2.56. The molecule has 0 rings (SSSR count). The van der Waals surface area contributed by atoms with Gasteiger partial charge in [-0.1, -0.05) is 30.5 Å². The van der Waals surface area contributed by atoms with Crippen LogP contribution >= 0.6 is 10.0 Å². The summed E-state index contributed by atoms with van der Waals surface area (Å²) >= 11 is -0.688. The number of hydrogen-bond acceptors (Lipinski definition) is 2. The third-order valence-corrected chi connectivity index (χ3v) is 4.82. The molecule has 0 fully saturated rings. The Hall–Kier alpha value is -0.00753. The van der Waals surface area contributed by atoms with Gasteiger partial charge in [0.15, 0.2) is 0 Å². The molecule has 0 saturated carbocycles. The van der Waals surface area contributed by atoms with Crippen LogP contribution in [0.2, 0.25) is 10.6 Å². The molecule has 0 unspecified atom stereocenters. The highest BCUT2D eigenvalue weighted by Gasteiger charge is 2.04. The number of hydrogen-bond donors (Lipinski definition) is 1. The first-order valence-corrected chi connectivity index (χ1v) is 8.80. The van der Waals surface area contributed by atoms with Crippen LogP contribution in [0.3, 0.4) is 0 Å². The van der Waals surface area contributed by atoms with Gasteiger partial charge in [0.2, 0.25) is 0 Å². The fraction of sp³-hybridized carbons (Fsp3) is 0.727. The lowest BCUT2D eigenvalue weighted by Crippen LogP contribution is -1.99. The normalized spacial score (nSPS) is 9.00. The number of aliphatic carboxylic acids is 1. The number of carboxylic acid groups (broad SMARTS) is 1. The fourth-order valence-corrected chi connectivity index (χ4v) is 1.01. The van der Waals surface area contributed by atoms with Gasteiger partial charge >= 0.3 is 19.2 Å². The van der Waals surface area contributed by atoms with E-state index in [4.69, 9.17) is 15.2 Å². The van der Waals surface area contributed by atoms with Crippen LogP contribution < -0.4 is 0 Å². The molecule has 0 bridgehead atoms. The number of rotatable bonds is 3. The monoisotopic (exact) mass is 265 g/mol. The maximum absolute atomic E-state index is 9.51. The average molecular weight is 266 g/mol. The summed E-state index contributed by atoms with van der Waals surface area (Å²) in [5.74, 6) is -0.891. The second kappa shape index (κ2) is 17.4. The van der Waals surface area contributed by atoms with Crippen LogP contribution in [0.25, 0.3) is 0 Å². The Kier molecular flexibility index (Phi) is 23.1. The van der Waals surface area contributed by atoms with E-state index in [9.17, 15) is 4.79 Å². The largest absolute Gasteiger partial charge is 0.478 e. The smallest absolute Gasteiger partial charge is 0.399 e. The van der Waals surface area contributed by atoms with E-state index in [2.05, 4.69) is 13.8 Å². The minimum Gasteiger partial charge on any atom is -0.478 e. The second-order valence-electron chi connectivity index (χ2n) is 3.59. The van der Waals surface area contributed by atoms with Crippen LogP contribution in [-0.2, 0) is 4.79 Å². The van der Waals surface area contributed by atoms with Crippen LogP contribution in [0.5, 0.6) is 0 Å². The van der Waals surface area contributed by atoms with Gasteiger partial charge < -0.3 is 10.0 Å². The number of nitrogens with zero attached hydrogens (tertiary/aromatic N) is 1. The van der Waals surface area contributed by atoms with Crippen LogP contribution in [0.1, 0.15) is 20.8 Å². The van der Waals surface area contributed by atoms with E-state index in [1.54, 1.807) is 6.92 Å². The zero-order chi connectivity index (χ0) is 13.6. The highest BCUT2D eigenvalue weighted by Crippen LogP contribution is 2.00. The number of halogens is 1. The molecule has 1 N–H and O–H groups in total. The van der Waals surface area contributed by atoms with Gasteiger partial charge in [0.05, 0.1) is 0 Å². The Bertz CT molecular complexity index is 169. The molecule has 0 amide bonds. The van der Waals surface area contributed by atoms with Crippen LogP contribution in [0.15, 0.2) is 12.2 Å². The molecule has 3 nitrogen and oxygen atoms in total. The zero-order valence-electron chi connectivity index (χ0n) is 11.3. The van der Waals surface area contributed by atoms with E-state index in [-0.39, 0.29) is 0 Å². The van der Waals surface area contributed by atoms with Crippen molar-refractivity contribution in [2.24, 2.45) is 0 Å². The van der Waals surface area contributed by atoms with E-state index >= 15 is 0 Å². The molecule has 0 aromatic rings. The Morgan fingerprint density at radius 1 is 1.31 bits per heavy atom. The number of carboxylic acids is 1. The Morgan fingerprint density at radius 2 is 1.62 bits per heavy atom. The minimum absolute atomic E-state index is 0.688. The lowest BCUT2D eigenvalue weighted by atomic mass is 10.5. The molecule has 0 atom stereocenters. The third-order valence-electron chi connectivity index (χ3n) is 1.20. The molecular weight excluding hydrogens is 241 g/mol. The molecule has 0 radical (unpaired) electrons. The second-order valence-corrected chi connectivity index (χ2v) is 8.27. The molecule has 0 aliphatic rings. The van der Waals surface area contributed by atoms with E-state index < -0.39 is 19.2 Å². The molecule has 0 aromatic carbocycles. The van der Waals surface area contributed by atoms with Gasteiger partial charge in [0.25, 0.3) is 0 Å². The van der Waals surface area contributed by atoms with Gasteiger partial charge in [-0.25, -0.2) is 4.79 Å². The zero-order valence-corrected chi connectivity index (χ0v) is 13.2. The summed E-state index contributed by atoms with van der Waals surface area (Å²) in [5.41, 5.74) is 0. The predicted octanol–water partition coefficient (Wildman–Crippen LogP) is 3.08. The predicted molar refractivity (Wildman–Crippen MR) is 74.6 cm³/mol. The van der Waals surface area contributed by atoms with Crippen molar-refractivity contribution >= 4 is 29.2 Å². The summed E-state index contributed by atoms with van der Waals surface area (Å²) in [6.45, 7) is 5.98. The van der Waals surface area contributed by atoms with Gasteiger partial charge in [-0.2, -0.15) is 0 Å². The van der Waals surface area contributed by atoms with Crippen LogP contribution in [0, 0.1) is 0 Å². The van der Waals surface area contributed by atoms with Crippen molar-refractivity contribution < 1.29 is 9.90 Å². The van der Waals surface area contributed by atoms with Gasteiger partial charge in [0, 0.05) is 6.08 Å². The first-order valence-electron chi connectivity index (χ1n) is 5.42. The lowest BCUT2D eigenvalue weighted by molar-refractivity contribution is -0.131. The molecule has 0 aromatic heterocycles. The molecule has 0 aliphatic carbocycles. The Labute approximate surface area is 109 Å². The Balaban J connectivity index is -0.000000162. The lowest BCUT2D eigenvalue weighted by Gasteiger charge is -1.90. The summed E-state index contributed by atoms with van der Waals surface area (Å²) < 4.78 is 0. The topological polar surface area (TPSA) is 40.5 Å². The first-order chi connectivity index (χ1) is 7.31. The molecule has 96 valence electrons. The van der Waals surface area contributed by atoms with Gasteiger partial charge in [-0.05, 0) is 28.1 Å². The summed E-state index contributed by atoms with van der Waals surface area (Å²) in [6, 6.07) is 0. The third kappa shape index (κ3) is 48.3. The van der Waals surface area contributed by atoms with Crippen molar-refractivity contribution in [2.45, 2.75) is 31.3 Å². The molecule has 0 heterocycles. The van der Waals surface area contributed by atoms with Crippen molar-refractivity contribution in [1.82, 2.24) is 4.90 Å². The summed E-state index contributed by atoms with van der Waals surface area (Å²) in [7, 11) is 11.8. The molecular formula is C11H25AlClNO2. The van der Waals surface area contributed by atoms with E-state index in [1.807, 2.05) is 26.0 Å². The van der Waals surface area contributed by atoms with Gasteiger partial charge in [-0.3, -0.25) is 10.0 Å². The summed E-state index contributed by atoms with van der Waals surface area (Å²) in [4.78, 5) is 11.5. The van der Waals surface area contributed by atoms with Crippen LogP contribution in [0.4, 0.5) is 0 Å². The maximum Gasteiger partial charge on any atom is 0.399 e. The highest BCUT2D eigenvalue weighted by atomic mass is 35.6. The Morgan fingerprint density at radius 3 is 1.62 bits per heavy atom. The van der Waals surface area contributed by atoms with Gasteiger partial charge in [0.1, 0.15) is 0 Å². The highest BCUT2D eigenvalue weighted by molar-refractivity contribution is 7.06. The quantitative estimate of drug-likeness (QED) is 0.630. The molecule has 5 heteroatoms. The van der Waals surface area contributed by atoms with E-state index in [1.165, 1.54) is 16.6 Å². The fourth-order valence-electron chi connectivity index (χ4n) is 0.431. The maximum atomic E-state index is 9.51. The van der Waals surface area contributed by atoms with Crippen molar-refractivity contribution in [3.63, 3.8) is 0 Å². The van der Waals surface area contributed by atoms with Crippen molar-refractivity contribution in [3.8, 4) is 0 Å². The van der Waals surface area contributed by atoms with E-state index in [0.717, 1.165) is 6.08 Å². The van der Waals surface area contributed by atoms with Crippen molar-refractivity contribution in [1.29, 1.82) is 0 Å². The van der Waals surface area contributed by atoms with Gasteiger partial charge in [-0.15, -0.1) is 0 Å².